The number of nitrogens with one attached hydrogen (secondary N) is 2. The van der Waals surface area contributed by atoms with E-state index in [1.54, 1.807) is 24.3 Å². The van der Waals surface area contributed by atoms with Crippen molar-refractivity contribution in [1.82, 2.24) is 10.2 Å². The Hall–Kier alpha value is -1.88. The van der Waals surface area contributed by atoms with E-state index in [1.807, 2.05) is 18.7 Å². The maximum atomic E-state index is 12.6. The Morgan fingerprint density at radius 1 is 1.17 bits per heavy atom. The van der Waals surface area contributed by atoms with Gasteiger partial charge in [0.25, 0.3) is 5.91 Å². The summed E-state index contributed by atoms with van der Waals surface area (Å²) in [5, 5.41) is 6.23. The maximum absolute atomic E-state index is 12.6. The summed E-state index contributed by atoms with van der Waals surface area (Å²) in [6.45, 7) is 9.51. The van der Waals surface area contributed by atoms with E-state index in [0.717, 1.165) is 44.7 Å². The smallest absolute Gasteiger partial charge is 0.253 e. The Labute approximate surface area is 144 Å². The van der Waals surface area contributed by atoms with Crippen molar-refractivity contribution in [1.29, 1.82) is 0 Å². The lowest BCUT2D eigenvalue weighted by molar-refractivity contribution is -0.118. The molecule has 1 aliphatic rings. The molecule has 1 saturated heterocycles. The van der Waals surface area contributed by atoms with Gasteiger partial charge in [-0.1, -0.05) is 20.8 Å². The molecular weight excluding hydrogens is 302 g/mol. The highest BCUT2D eigenvalue weighted by Crippen LogP contribution is 2.19. The van der Waals surface area contributed by atoms with E-state index in [0.29, 0.717) is 11.5 Å². The standard InChI is InChI=1S/C19H29N3O2/c1-4-20-13-15-9-11-22(12-10-15)19(24)16-5-7-17(8-6-16)21-18(23)14(2)3/h5-8,14-15,20H,4,9-13H2,1-3H3,(H,21,23). The topological polar surface area (TPSA) is 61.4 Å². The van der Waals surface area contributed by atoms with Crippen molar-refractivity contribution in [2.75, 3.05) is 31.5 Å². The maximum Gasteiger partial charge on any atom is 0.253 e. The largest absolute Gasteiger partial charge is 0.339 e. The normalized spacial score (nSPS) is 15.6. The molecule has 0 saturated carbocycles. The Kier molecular flexibility index (Phi) is 6.79. The summed E-state index contributed by atoms with van der Waals surface area (Å²) in [5.41, 5.74) is 1.41. The van der Waals surface area contributed by atoms with E-state index in [1.165, 1.54) is 0 Å². The average molecular weight is 331 g/mol. The Bertz CT molecular complexity index is 546. The molecule has 0 unspecified atom stereocenters. The Morgan fingerprint density at radius 3 is 2.33 bits per heavy atom. The van der Waals surface area contributed by atoms with E-state index in [2.05, 4.69) is 17.6 Å². The molecule has 0 aliphatic carbocycles. The predicted molar refractivity (Wildman–Crippen MR) is 97.1 cm³/mol. The highest BCUT2D eigenvalue weighted by Gasteiger charge is 2.23. The third-order valence-corrected chi connectivity index (χ3v) is 4.51. The van der Waals surface area contributed by atoms with Gasteiger partial charge in [-0.25, -0.2) is 0 Å². The first-order chi connectivity index (χ1) is 11.5. The first-order valence-electron chi connectivity index (χ1n) is 8.92. The van der Waals surface area contributed by atoms with Crippen LogP contribution in [0.3, 0.4) is 0 Å². The second-order valence-corrected chi connectivity index (χ2v) is 6.76. The lowest BCUT2D eigenvalue weighted by atomic mass is 9.96. The van der Waals surface area contributed by atoms with E-state index < -0.39 is 0 Å². The van der Waals surface area contributed by atoms with Crippen LogP contribution in [0.5, 0.6) is 0 Å². The summed E-state index contributed by atoms with van der Waals surface area (Å²) < 4.78 is 0. The third-order valence-electron chi connectivity index (χ3n) is 4.51. The molecule has 0 radical (unpaired) electrons. The number of amides is 2. The highest BCUT2D eigenvalue weighted by molar-refractivity contribution is 5.96. The molecule has 0 aromatic heterocycles. The van der Waals surface area contributed by atoms with E-state index >= 15 is 0 Å². The van der Waals surface area contributed by atoms with Gasteiger partial charge in [0.15, 0.2) is 0 Å². The van der Waals surface area contributed by atoms with Crippen molar-refractivity contribution in [2.24, 2.45) is 11.8 Å². The lowest BCUT2D eigenvalue weighted by Gasteiger charge is -2.32. The minimum atomic E-state index is -0.0604. The number of rotatable bonds is 6. The molecule has 1 fully saturated rings. The van der Waals surface area contributed by atoms with E-state index in [-0.39, 0.29) is 17.7 Å². The number of benzene rings is 1. The van der Waals surface area contributed by atoms with Gasteiger partial charge in [-0.3, -0.25) is 9.59 Å². The minimum absolute atomic E-state index is 0.0168. The molecule has 1 aliphatic heterocycles. The van der Waals surface area contributed by atoms with Crippen LogP contribution in [0.4, 0.5) is 5.69 Å². The number of anilines is 1. The zero-order valence-electron chi connectivity index (χ0n) is 15.0. The van der Waals surface area contributed by atoms with Gasteiger partial charge in [0, 0.05) is 30.3 Å². The molecule has 2 amide bonds. The Balaban J connectivity index is 1.88. The number of likely N-dealkylation sites (tertiary alicyclic amines) is 1. The highest BCUT2D eigenvalue weighted by atomic mass is 16.2. The molecule has 0 atom stereocenters. The van der Waals surface area contributed by atoms with Crippen LogP contribution >= 0.6 is 0 Å². The van der Waals surface area contributed by atoms with E-state index in [9.17, 15) is 9.59 Å². The van der Waals surface area contributed by atoms with E-state index in [4.69, 9.17) is 0 Å². The second kappa shape index (κ2) is 8.83. The molecule has 1 aromatic rings. The van der Waals surface area contributed by atoms with Crippen molar-refractivity contribution in [3.05, 3.63) is 29.8 Å². The fourth-order valence-corrected chi connectivity index (χ4v) is 2.85. The van der Waals surface area contributed by atoms with Crippen LogP contribution in [0, 0.1) is 11.8 Å². The SMILES string of the molecule is CCNCC1CCN(C(=O)c2ccc(NC(=O)C(C)C)cc2)CC1. The molecule has 0 bridgehead atoms. The number of piperidine rings is 1. The number of carbonyl (C=O) groups excluding carboxylic acids is 2. The molecule has 0 spiro atoms. The van der Waals surface area contributed by atoms with Crippen LogP contribution in [0.2, 0.25) is 0 Å². The monoisotopic (exact) mass is 331 g/mol. The molecule has 2 rings (SSSR count). The van der Waals surface area contributed by atoms with Crippen molar-refractivity contribution in [2.45, 2.75) is 33.6 Å². The average Bonchev–Trinajstić information content (AvgIpc) is 2.60. The molecule has 132 valence electrons. The van der Waals surface area contributed by atoms with Gasteiger partial charge >= 0.3 is 0 Å². The van der Waals surface area contributed by atoms with Crippen LogP contribution in [0.15, 0.2) is 24.3 Å². The summed E-state index contributed by atoms with van der Waals surface area (Å²) >= 11 is 0. The van der Waals surface area contributed by atoms with Crippen molar-refractivity contribution < 1.29 is 9.59 Å². The fraction of sp³-hybridized carbons (Fsp3) is 0.579. The van der Waals surface area contributed by atoms with Gasteiger partial charge in [-0.05, 0) is 56.1 Å². The molecule has 5 heteroatoms. The van der Waals surface area contributed by atoms with Gasteiger partial charge in [0.1, 0.15) is 0 Å². The molecule has 24 heavy (non-hydrogen) atoms. The first-order valence-corrected chi connectivity index (χ1v) is 8.92. The summed E-state index contributed by atoms with van der Waals surface area (Å²) in [6, 6.07) is 7.18. The summed E-state index contributed by atoms with van der Waals surface area (Å²) in [4.78, 5) is 26.2. The van der Waals surface area contributed by atoms with Crippen LogP contribution in [0.25, 0.3) is 0 Å². The number of nitrogens with zero attached hydrogens (tertiary/aromatic N) is 1. The summed E-state index contributed by atoms with van der Waals surface area (Å²) in [7, 11) is 0. The lowest BCUT2D eigenvalue weighted by Crippen LogP contribution is -2.40. The number of carbonyl (C=O) groups is 2. The molecule has 2 N–H and O–H groups in total. The predicted octanol–water partition coefficient (Wildman–Crippen LogP) is 2.74. The summed E-state index contributed by atoms with van der Waals surface area (Å²) in [5.74, 6) is 0.674. The number of hydrogen-bond donors (Lipinski definition) is 2. The van der Waals surface area contributed by atoms with Gasteiger partial charge in [0.05, 0.1) is 0 Å². The first kappa shape index (κ1) is 18.5. The molecule has 1 heterocycles. The van der Waals surface area contributed by atoms with Crippen molar-refractivity contribution in [3.8, 4) is 0 Å². The third kappa shape index (κ3) is 5.06. The van der Waals surface area contributed by atoms with Crippen LogP contribution < -0.4 is 10.6 Å². The zero-order chi connectivity index (χ0) is 17.5. The van der Waals surface area contributed by atoms with Crippen LogP contribution in [-0.4, -0.2) is 42.9 Å². The van der Waals surface area contributed by atoms with Gasteiger partial charge < -0.3 is 15.5 Å². The van der Waals surface area contributed by atoms with Crippen LogP contribution in [-0.2, 0) is 4.79 Å². The Morgan fingerprint density at radius 2 is 1.79 bits per heavy atom. The fourth-order valence-electron chi connectivity index (χ4n) is 2.85. The zero-order valence-corrected chi connectivity index (χ0v) is 15.0. The van der Waals surface area contributed by atoms with Gasteiger partial charge in [-0.2, -0.15) is 0 Å². The van der Waals surface area contributed by atoms with Gasteiger partial charge in [0.2, 0.25) is 5.91 Å². The van der Waals surface area contributed by atoms with Crippen molar-refractivity contribution in [3.63, 3.8) is 0 Å². The summed E-state index contributed by atoms with van der Waals surface area (Å²) in [6.07, 6.45) is 2.11. The number of hydrogen-bond acceptors (Lipinski definition) is 3. The quantitative estimate of drug-likeness (QED) is 0.842. The molecular formula is C19H29N3O2. The molecule has 1 aromatic carbocycles. The van der Waals surface area contributed by atoms with Gasteiger partial charge in [-0.15, -0.1) is 0 Å². The second-order valence-electron chi connectivity index (χ2n) is 6.76. The minimum Gasteiger partial charge on any atom is -0.339 e. The van der Waals surface area contributed by atoms with Crippen LogP contribution in [0.1, 0.15) is 44.0 Å². The van der Waals surface area contributed by atoms with Crippen molar-refractivity contribution >= 4 is 17.5 Å². The molecule has 5 nitrogen and oxygen atoms in total.